The average Bonchev–Trinajstić information content (AvgIpc) is 3.42. The lowest BCUT2D eigenvalue weighted by Crippen LogP contribution is -2.15. The molecule has 3 heterocycles. The Kier molecular flexibility index (Phi) is 5.22. The summed E-state index contributed by atoms with van der Waals surface area (Å²) in [5, 5.41) is 15.1. The molecule has 0 aliphatic heterocycles. The number of hydrogen-bond acceptors (Lipinski definition) is 6. The number of aryl methyl sites for hydroxylation is 3. The van der Waals surface area contributed by atoms with Crippen molar-refractivity contribution in [1.29, 1.82) is 0 Å². The SMILES string of the molecule is Cc1cc(C)c(S(=O)(=O)Nc2ccc(-c3ccc4nnc(-c5cccs5)n4n3)cc2)c(C)c1. The number of nitrogens with zero attached hydrogens (tertiary/aromatic N) is 4. The Hall–Kier alpha value is -3.56. The van der Waals surface area contributed by atoms with Gasteiger partial charge in [0.15, 0.2) is 11.5 Å². The highest BCUT2D eigenvalue weighted by Crippen LogP contribution is 2.27. The minimum atomic E-state index is -3.71. The van der Waals surface area contributed by atoms with E-state index in [-0.39, 0.29) is 0 Å². The Bertz CT molecular complexity index is 1550. The number of rotatable bonds is 5. The highest BCUT2D eigenvalue weighted by atomic mass is 32.2. The second-order valence-corrected chi connectivity index (χ2v) is 10.5. The first-order valence-electron chi connectivity index (χ1n) is 10.3. The van der Waals surface area contributed by atoms with E-state index in [1.807, 2.05) is 74.7 Å². The lowest BCUT2D eigenvalue weighted by Gasteiger charge is -2.14. The van der Waals surface area contributed by atoms with Crippen LogP contribution in [0.5, 0.6) is 0 Å². The van der Waals surface area contributed by atoms with Gasteiger partial charge >= 0.3 is 0 Å². The molecule has 9 heteroatoms. The molecule has 2 aromatic carbocycles. The van der Waals surface area contributed by atoms with Gasteiger partial charge in [-0.15, -0.1) is 21.5 Å². The maximum Gasteiger partial charge on any atom is 0.262 e. The normalized spacial score (nSPS) is 11.7. The van der Waals surface area contributed by atoms with Crippen LogP contribution in [0, 0.1) is 20.8 Å². The molecule has 33 heavy (non-hydrogen) atoms. The van der Waals surface area contributed by atoms with E-state index in [0.29, 0.717) is 22.1 Å². The van der Waals surface area contributed by atoms with Gasteiger partial charge in [-0.25, -0.2) is 8.42 Å². The molecule has 0 bridgehead atoms. The zero-order valence-corrected chi connectivity index (χ0v) is 19.9. The highest BCUT2D eigenvalue weighted by molar-refractivity contribution is 7.92. The molecule has 0 aliphatic rings. The third-order valence-corrected chi connectivity index (χ3v) is 7.86. The molecule has 0 spiro atoms. The molecule has 166 valence electrons. The molecule has 5 rings (SSSR count). The molecular formula is C24H21N5O2S2. The monoisotopic (exact) mass is 475 g/mol. The van der Waals surface area contributed by atoms with Gasteiger partial charge in [0.05, 0.1) is 15.5 Å². The van der Waals surface area contributed by atoms with E-state index in [4.69, 9.17) is 5.10 Å². The number of nitrogens with one attached hydrogen (secondary N) is 1. The molecule has 7 nitrogen and oxygen atoms in total. The van der Waals surface area contributed by atoms with E-state index in [2.05, 4.69) is 14.9 Å². The van der Waals surface area contributed by atoms with E-state index in [9.17, 15) is 8.42 Å². The summed E-state index contributed by atoms with van der Waals surface area (Å²) >= 11 is 1.58. The van der Waals surface area contributed by atoms with Crippen LogP contribution in [0.1, 0.15) is 16.7 Å². The number of anilines is 1. The standard InChI is InChI=1S/C24H21N5O2S2/c1-15-13-16(2)23(17(3)14-15)33(30,31)28-19-8-6-18(7-9-19)20-10-11-22-25-26-24(29(22)27-20)21-5-4-12-32-21/h4-14,28H,1-3H3. The summed E-state index contributed by atoms with van der Waals surface area (Å²) in [7, 11) is -3.71. The molecule has 5 aromatic rings. The average molecular weight is 476 g/mol. The number of aromatic nitrogens is 4. The van der Waals surface area contributed by atoms with E-state index < -0.39 is 10.0 Å². The van der Waals surface area contributed by atoms with Crippen LogP contribution in [0.4, 0.5) is 5.69 Å². The predicted molar refractivity (Wildman–Crippen MR) is 131 cm³/mol. The number of benzene rings is 2. The molecule has 0 aliphatic carbocycles. The minimum Gasteiger partial charge on any atom is -0.280 e. The molecule has 0 unspecified atom stereocenters. The number of sulfonamides is 1. The molecule has 1 N–H and O–H groups in total. The molecule has 0 fully saturated rings. The molecule has 0 amide bonds. The van der Waals surface area contributed by atoms with Crippen molar-refractivity contribution in [1.82, 2.24) is 19.8 Å². The van der Waals surface area contributed by atoms with Crippen LogP contribution in [0.25, 0.3) is 27.6 Å². The maximum absolute atomic E-state index is 13.0. The van der Waals surface area contributed by atoms with Crippen LogP contribution in [0.3, 0.4) is 0 Å². The van der Waals surface area contributed by atoms with Gasteiger partial charge in [-0.2, -0.15) is 9.61 Å². The van der Waals surface area contributed by atoms with E-state index in [1.54, 1.807) is 28.0 Å². The fourth-order valence-electron chi connectivity index (χ4n) is 4.01. The first-order valence-corrected chi connectivity index (χ1v) is 12.7. The van der Waals surface area contributed by atoms with Crippen molar-refractivity contribution in [3.05, 3.63) is 82.7 Å². The van der Waals surface area contributed by atoms with Crippen LogP contribution in [-0.2, 0) is 10.0 Å². The van der Waals surface area contributed by atoms with Crippen molar-refractivity contribution in [2.45, 2.75) is 25.7 Å². The summed E-state index contributed by atoms with van der Waals surface area (Å²) in [6.07, 6.45) is 0. The summed E-state index contributed by atoms with van der Waals surface area (Å²) in [6.45, 7) is 5.58. The molecule has 0 radical (unpaired) electrons. The van der Waals surface area contributed by atoms with Crippen LogP contribution in [0.2, 0.25) is 0 Å². The van der Waals surface area contributed by atoms with Gasteiger partial charge in [0.2, 0.25) is 0 Å². The third-order valence-electron chi connectivity index (χ3n) is 5.31. The minimum absolute atomic E-state index is 0.318. The van der Waals surface area contributed by atoms with Crippen molar-refractivity contribution >= 4 is 32.7 Å². The lowest BCUT2D eigenvalue weighted by atomic mass is 10.1. The van der Waals surface area contributed by atoms with Gasteiger partial charge in [-0.05, 0) is 67.6 Å². The Morgan fingerprint density at radius 1 is 0.909 bits per heavy atom. The maximum atomic E-state index is 13.0. The first-order chi connectivity index (χ1) is 15.8. The molecule has 0 saturated heterocycles. The van der Waals surface area contributed by atoms with Crippen LogP contribution >= 0.6 is 11.3 Å². The second-order valence-electron chi connectivity index (χ2n) is 7.90. The van der Waals surface area contributed by atoms with E-state index in [1.165, 1.54) is 0 Å². The van der Waals surface area contributed by atoms with Gasteiger partial charge in [-0.1, -0.05) is 35.9 Å². The Morgan fingerprint density at radius 2 is 1.64 bits per heavy atom. The van der Waals surface area contributed by atoms with Gasteiger partial charge in [0, 0.05) is 11.3 Å². The number of hydrogen-bond donors (Lipinski definition) is 1. The Labute approximate surface area is 195 Å². The quantitative estimate of drug-likeness (QED) is 0.375. The van der Waals surface area contributed by atoms with Gasteiger partial charge in [-0.3, -0.25) is 4.72 Å². The summed E-state index contributed by atoms with van der Waals surface area (Å²) < 4.78 is 30.5. The Morgan fingerprint density at radius 3 is 2.30 bits per heavy atom. The number of fused-ring (bicyclic) bond motifs is 1. The first kappa shape index (κ1) is 21.3. The van der Waals surface area contributed by atoms with Crippen LogP contribution in [0.15, 0.2) is 70.9 Å². The molecule has 3 aromatic heterocycles. The van der Waals surface area contributed by atoms with Gasteiger partial charge in [0.25, 0.3) is 10.0 Å². The summed E-state index contributed by atoms with van der Waals surface area (Å²) in [4.78, 5) is 1.30. The van der Waals surface area contributed by atoms with Gasteiger partial charge in [0.1, 0.15) is 0 Å². The topological polar surface area (TPSA) is 89.2 Å². The van der Waals surface area contributed by atoms with Crippen LogP contribution < -0.4 is 4.72 Å². The largest absolute Gasteiger partial charge is 0.280 e. The fraction of sp³-hybridized carbons (Fsp3) is 0.125. The zero-order valence-electron chi connectivity index (χ0n) is 18.3. The molecular weight excluding hydrogens is 454 g/mol. The van der Waals surface area contributed by atoms with Crippen molar-refractivity contribution < 1.29 is 8.42 Å². The van der Waals surface area contributed by atoms with E-state index >= 15 is 0 Å². The second kappa shape index (κ2) is 8.09. The zero-order chi connectivity index (χ0) is 23.2. The highest BCUT2D eigenvalue weighted by Gasteiger charge is 2.20. The number of thiophene rings is 1. The molecule has 0 atom stereocenters. The Balaban J connectivity index is 1.44. The summed E-state index contributed by atoms with van der Waals surface area (Å²) in [5.74, 6) is 0.690. The van der Waals surface area contributed by atoms with Gasteiger partial charge < -0.3 is 0 Å². The predicted octanol–water partition coefficient (Wildman–Crippen LogP) is 5.25. The van der Waals surface area contributed by atoms with E-state index in [0.717, 1.165) is 32.8 Å². The summed E-state index contributed by atoms with van der Waals surface area (Å²) in [6, 6.07) is 18.6. The third kappa shape index (κ3) is 4.01. The fourth-order valence-corrected chi connectivity index (χ4v) is 6.22. The summed E-state index contributed by atoms with van der Waals surface area (Å²) in [5.41, 5.74) is 5.23. The van der Waals surface area contributed by atoms with Crippen molar-refractivity contribution in [2.24, 2.45) is 0 Å². The van der Waals surface area contributed by atoms with Crippen molar-refractivity contribution in [2.75, 3.05) is 4.72 Å². The lowest BCUT2D eigenvalue weighted by molar-refractivity contribution is 0.600. The molecule has 0 saturated carbocycles. The smallest absolute Gasteiger partial charge is 0.262 e. The van der Waals surface area contributed by atoms with Crippen molar-refractivity contribution in [3.63, 3.8) is 0 Å². The van der Waals surface area contributed by atoms with Crippen molar-refractivity contribution in [3.8, 4) is 22.0 Å². The van der Waals surface area contributed by atoms with Crippen LogP contribution in [-0.4, -0.2) is 28.2 Å².